The van der Waals surface area contributed by atoms with E-state index >= 15 is 0 Å². The molecule has 0 saturated carbocycles. The summed E-state index contributed by atoms with van der Waals surface area (Å²) in [6.45, 7) is 3.43. The van der Waals surface area contributed by atoms with E-state index in [1.54, 1.807) is 12.1 Å². The predicted molar refractivity (Wildman–Crippen MR) is 60.2 cm³/mol. The number of rotatable bonds is 4. The van der Waals surface area contributed by atoms with Crippen LogP contribution in [0, 0.1) is 6.92 Å². The quantitative estimate of drug-likeness (QED) is 0.805. The monoisotopic (exact) mass is 221 g/mol. The van der Waals surface area contributed by atoms with E-state index in [9.17, 15) is 9.59 Å². The van der Waals surface area contributed by atoms with Gasteiger partial charge in [-0.25, -0.2) is 0 Å². The second kappa shape index (κ2) is 5.30. The molecule has 1 aromatic carbocycles. The summed E-state index contributed by atoms with van der Waals surface area (Å²) in [6, 6.07) is 7.27. The van der Waals surface area contributed by atoms with E-state index in [0.717, 1.165) is 5.56 Å². The van der Waals surface area contributed by atoms with Gasteiger partial charge in [0.25, 0.3) is 0 Å². The zero-order valence-electron chi connectivity index (χ0n) is 9.36. The van der Waals surface area contributed by atoms with Crippen molar-refractivity contribution >= 4 is 11.9 Å². The van der Waals surface area contributed by atoms with Crippen LogP contribution < -0.4 is 5.32 Å². The normalized spacial score (nSPS) is 11.9. The van der Waals surface area contributed by atoms with Crippen LogP contribution in [0.25, 0.3) is 0 Å². The van der Waals surface area contributed by atoms with Crippen molar-refractivity contribution in [2.75, 3.05) is 6.54 Å². The van der Waals surface area contributed by atoms with Gasteiger partial charge in [0.05, 0.1) is 5.92 Å². The largest absolute Gasteiger partial charge is 0.481 e. The lowest BCUT2D eigenvalue weighted by Gasteiger charge is -2.13. The molecule has 0 spiro atoms. The molecule has 0 fully saturated rings. The van der Waals surface area contributed by atoms with Gasteiger partial charge in [0.2, 0.25) is 5.91 Å². The number of nitrogens with one attached hydrogen (secondary N) is 1. The van der Waals surface area contributed by atoms with Crippen molar-refractivity contribution in [2.45, 2.75) is 19.8 Å². The number of carboxylic acid groups (broad SMARTS) is 1. The summed E-state index contributed by atoms with van der Waals surface area (Å²) in [5, 5.41) is 11.6. The van der Waals surface area contributed by atoms with Gasteiger partial charge in [-0.2, -0.15) is 0 Å². The molecule has 0 aliphatic heterocycles. The van der Waals surface area contributed by atoms with Gasteiger partial charge in [0.1, 0.15) is 0 Å². The minimum Gasteiger partial charge on any atom is -0.481 e. The SMILES string of the molecule is CC(=O)NCC(C(=O)O)c1ccc(C)cc1. The Balaban J connectivity index is 2.81. The predicted octanol–water partition coefficient (Wildman–Crippen LogP) is 1.30. The number of hydrogen-bond acceptors (Lipinski definition) is 2. The number of carbonyl (C=O) groups is 2. The molecule has 4 nitrogen and oxygen atoms in total. The second-order valence-corrected chi connectivity index (χ2v) is 3.74. The van der Waals surface area contributed by atoms with Crippen LogP contribution in [0.5, 0.6) is 0 Å². The number of amides is 1. The van der Waals surface area contributed by atoms with Gasteiger partial charge in [0, 0.05) is 13.5 Å². The first-order valence-electron chi connectivity index (χ1n) is 5.04. The van der Waals surface area contributed by atoms with Gasteiger partial charge in [-0.05, 0) is 12.5 Å². The number of hydrogen-bond donors (Lipinski definition) is 2. The fraction of sp³-hybridized carbons (Fsp3) is 0.333. The highest BCUT2D eigenvalue weighted by Gasteiger charge is 2.19. The maximum atomic E-state index is 11.0. The highest BCUT2D eigenvalue weighted by Crippen LogP contribution is 2.16. The molecular formula is C12H15NO3. The summed E-state index contributed by atoms with van der Waals surface area (Å²) in [5.41, 5.74) is 1.78. The summed E-state index contributed by atoms with van der Waals surface area (Å²) in [4.78, 5) is 21.8. The first kappa shape index (κ1) is 12.2. The lowest BCUT2D eigenvalue weighted by molar-refractivity contribution is -0.138. The van der Waals surface area contributed by atoms with Crippen molar-refractivity contribution in [3.8, 4) is 0 Å². The third-order valence-corrected chi connectivity index (χ3v) is 2.33. The van der Waals surface area contributed by atoms with Gasteiger partial charge in [-0.15, -0.1) is 0 Å². The second-order valence-electron chi connectivity index (χ2n) is 3.74. The summed E-state index contributed by atoms with van der Waals surface area (Å²) < 4.78 is 0. The van der Waals surface area contributed by atoms with E-state index in [1.165, 1.54) is 6.92 Å². The fourth-order valence-corrected chi connectivity index (χ4v) is 1.39. The zero-order valence-corrected chi connectivity index (χ0v) is 9.36. The number of carbonyl (C=O) groups excluding carboxylic acids is 1. The number of benzene rings is 1. The van der Waals surface area contributed by atoms with Gasteiger partial charge < -0.3 is 10.4 Å². The third kappa shape index (κ3) is 3.38. The Hall–Kier alpha value is -1.84. The van der Waals surface area contributed by atoms with Crippen LogP contribution in [0.4, 0.5) is 0 Å². The number of carboxylic acids is 1. The minimum atomic E-state index is -0.933. The smallest absolute Gasteiger partial charge is 0.312 e. The molecule has 0 radical (unpaired) electrons. The van der Waals surface area contributed by atoms with Crippen LogP contribution in [0.15, 0.2) is 24.3 Å². The molecule has 1 unspecified atom stereocenters. The fourth-order valence-electron chi connectivity index (χ4n) is 1.39. The Morgan fingerprint density at radius 2 is 1.88 bits per heavy atom. The molecule has 86 valence electrons. The molecule has 1 amide bonds. The first-order chi connectivity index (χ1) is 7.50. The van der Waals surface area contributed by atoms with E-state index in [1.807, 2.05) is 19.1 Å². The van der Waals surface area contributed by atoms with Gasteiger partial charge in [0.15, 0.2) is 0 Å². The lowest BCUT2D eigenvalue weighted by atomic mass is 9.98. The average Bonchev–Trinajstić information content (AvgIpc) is 2.20. The highest BCUT2D eigenvalue weighted by atomic mass is 16.4. The molecule has 0 aliphatic carbocycles. The Bertz CT molecular complexity index is 384. The maximum Gasteiger partial charge on any atom is 0.312 e. The molecule has 1 atom stereocenters. The molecule has 4 heteroatoms. The van der Waals surface area contributed by atoms with Crippen LogP contribution >= 0.6 is 0 Å². The van der Waals surface area contributed by atoms with Crippen LogP contribution in [-0.4, -0.2) is 23.5 Å². The van der Waals surface area contributed by atoms with Crippen molar-refractivity contribution in [2.24, 2.45) is 0 Å². The molecule has 2 N–H and O–H groups in total. The molecule has 0 bridgehead atoms. The highest BCUT2D eigenvalue weighted by molar-refractivity contribution is 5.78. The topological polar surface area (TPSA) is 66.4 Å². The summed E-state index contributed by atoms with van der Waals surface area (Å²) >= 11 is 0. The van der Waals surface area contributed by atoms with Gasteiger partial charge >= 0.3 is 5.97 Å². The molecule has 16 heavy (non-hydrogen) atoms. The van der Waals surface area contributed by atoms with E-state index in [2.05, 4.69) is 5.32 Å². The summed E-state index contributed by atoms with van der Waals surface area (Å²) in [6.07, 6.45) is 0. The maximum absolute atomic E-state index is 11.0. The molecular weight excluding hydrogens is 206 g/mol. The Labute approximate surface area is 94.3 Å². The first-order valence-corrected chi connectivity index (χ1v) is 5.04. The molecule has 0 saturated heterocycles. The van der Waals surface area contributed by atoms with Gasteiger partial charge in [-0.1, -0.05) is 29.8 Å². The van der Waals surface area contributed by atoms with Crippen molar-refractivity contribution in [1.82, 2.24) is 5.32 Å². The Morgan fingerprint density at radius 1 is 1.31 bits per heavy atom. The average molecular weight is 221 g/mol. The molecule has 0 aromatic heterocycles. The van der Waals surface area contributed by atoms with E-state index in [4.69, 9.17) is 5.11 Å². The van der Waals surface area contributed by atoms with Crippen LogP contribution in [0.3, 0.4) is 0 Å². The van der Waals surface area contributed by atoms with Crippen LogP contribution in [0.1, 0.15) is 24.0 Å². The Morgan fingerprint density at radius 3 is 2.31 bits per heavy atom. The Kier molecular flexibility index (Phi) is 4.05. The zero-order chi connectivity index (χ0) is 12.1. The molecule has 0 heterocycles. The van der Waals surface area contributed by atoms with Crippen molar-refractivity contribution in [1.29, 1.82) is 0 Å². The van der Waals surface area contributed by atoms with E-state index in [0.29, 0.717) is 5.56 Å². The number of aryl methyl sites for hydroxylation is 1. The number of aliphatic carboxylic acids is 1. The molecule has 0 aliphatic rings. The lowest BCUT2D eigenvalue weighted by Crippen LogP contribution is -2.29. The van der Waals surface area contributed by atoms with Crippen LogP contribution in [-0.2, 0) is 9.59 Å². The third-order valence-electron chi connectivity index (χ3n) is 2.33. The standard InChI is InChI=1S/C12H15NO3/c1-8-3-5-10(6-4-8)11(12(15)16)7-13-9(2)14/h3-6,11H,7H2,1-2H3,(H,13,14)(H,15,16). The van der Waals surface area contributed by atoms with Crippen molar-refractivity contribution < 1.29 is 14.7 Å². The van der Waals surface area contributed by atoms with Crippen LogP contribution in [0.2, 0.25) is 0 Å². The van der Waals surface area contributed by atoms with E-state index in [-0.39, 0.29) is 12.5 Å². The van der Waals surface area contributed by atoms with Crippen molar-refractivity contribution in [3.05, 3.63) is 35.4 Å². The van der Waals surface area contributed by atoms with Crippen molar-refractivity contribution in [3.63, 3.8) is 0 Å². The summed E-state index contributed by atoms with van der Waals surface area (Å²) in [5.74, 6) is -1.85. The molecule has 1 rings (SSSR count). The minimum absolute atomic E-state index is 0.119. The van der Waals surface area contributed by atoms with Gasteiger partial charge in [-0.3, -0.25) is 9.59 Å². The van der Waals surface area contributed by atoms with E-state index < -0.39 is 11.9 Å². The molecule has 1 aromatic rings. The summed E-state index contributed by atoms with van der Waals surface area (Å²) in [7, 11) is 0.